The van der Waals surface area contributed by atoms with Crippen molar-refractivity contribution in [2.75, 3.05) is 11.9 Å². The van der Waals surface area contributed by atoms with Gasteiger partial charge in [-0.1, -0.05) is 59.7 Å². The van der Waals surface area contributed by atoms with Gasteiger partial charge in [0, 0.05) is 5.69 Å². The van der Waals surface area contributed by atoms with Gasteiger partial charge in [-0.2, -0.15) is 0 Å². The van der Waals surface area contributed by atoms with Crippen LogP contribution in [0.1, 0.15) is 22.3 Å². The third kappa shape index (κ3) is 5.94. The second kappa shape index (κ2) is 10.4. The number of imide groups is 1. The number of nitrogens with one attached hydrogen (secondary N) is 1. The van der Waals surface area contributed by atoms with E-state index in [-0.39, 0.29) is 30.2 Å². The molecule has 1 aliphatic rings. The average molecular weight is 473 g/mol. The maximum atomic E-state index is 12.8. The molecule has 1 N–H and O–H groups in total. The molecule has 0 spiro atoms. The van der Waals surface area contributed by atoms with Crippen molar-refractivity contribution in [1.29, 1.82) is 0 Å². The van der Waals surface area contributed by atoms with Crippen LogP contribution in [0, 0.1) is 13.8 Å². The summed E-state index contributed by atoms with van der Waals surface area (Å²) < 4.78 is 5.55. The van der Waals surface area contributed by atoms with Crippen LogP contribution in [0.25, 0.3) is 6.08 Å². The van der Waals surface area contributed by atoms with Gasteiger partial charge in [-0.25, -0.2) is 0 Å². The number of aryl methyl sites for hydroxylation is 2. The van der Waals surface area contributed by atoms with Gasteiger partial charge in [-0.05, 0) is 67.1 Å². The van der Waals surface area contributed by atoms with Gasteiger partial charge in [0.1, 0.15) is 5.75 Å². The van der Waals surface area contributed by atoms with E-state index in [1.807, 2.05) is 62.4 Å². The number of benzene rings is 3. The van der Waals surface area contributed by atoms with Crippen molar-refractivity contribution < 1.29 is 19.1 Å². The topological polar surface area (TPSA) is 75.7 Å². The van der Waals surface area contributed by atoms with Crippen LogP contribution in [-0.2, 0) is 16.1 Å². The summed E-state index contributed by atoms with van der Waals surface area (Å²) in [7, 11) is 0. The van der Waals surface area contributed by atoms with Crippen molar-refractivity contribution in [1.82, 2.24) is 4.90 Å². The van der Waals surface area contributed by atoms with Crippen LogP contribution in [-0.4, -0.2) is 28.6 Å². The lowest BCUT2D eigenvalue weighted by molar-refractivity contribution is -0.123. The zero-order chi connectivity index (χ0) is 24.1. The van der Waals surface area contributed by atoms with E-state index in [9.17, 15) is 14.4 Å². The predicted molar refractivity (Wildman–Crippen MR) is 134 cm³/mol. The largest absolute Gasteiger partial charge is 0.484 e. The SMILES string of the molecule is Cc1ccc(NC(=O)COc2ccc(/C=C3\SC(=O)N(Cc4cccc(C)c4)C3=O)cc2)cc1. The Morgan fingerprint density at radius 3 is 2.41 bits per heavy atom. The first kappa shape index (κ1) is 23.3. The van der Waals surface area contributed by atoms with Crippen molar-refractivity contribution in [3.05, 3.63) is 100.0 Å². The molecule has 1 saturated heterocycles. The summed E-state index contributed by atoms with van der Waals surface area (Å²) in [6.45, 7) is 4.09. The van der Waals surface area contributed by atoms with Crippen molar-refractivity contribution in [2.45, 2.75) is 20.4 Å². The highest BCUT2D eigenvalue weighted by molar-refractivity contribution is 8.18. The molecule has 0 saturated carbocycles. The van der Waals surface area contributed by atoms with E-state index in [2.05, 4.69) is 5.32 Å². The molecule has 34 heavy (non-hydrogen) atoms. The normalized spacial score (nSPS) is 14.5. The zero-order valence-corrected chi connectivity index (χ0v) is 19.7. The van der Waals surface area contributed by atoms with Crippen LogP contribution in [0.3, 0.4) is 0 Å². The molecule has 0 aromatic heterocycles. The van der Waals surface area contributed by atoms with Gasteiger partial charge in [0.2, 0.25) is 0 Å². The predicted octanol–water partition coefficient (Wildman–Crippen LogP) is 5.56. The van der Waals surface area contributed by atoms with Gasteiger partial charge >= 0.3 is 0 Å². The fourth-order valence-corrected chi connectivity index (χ4v) is 4.26. The third-order valence-corrected chi connectivity index (χ3v) is 6.09. The first-order valence-corrected chi connectivity index (χ1v) is 11.6. The van der Waals surface area contributed by atoms with Gasteiger partial charge in [-0.3, -0.25) is 19.3 Å². The lowest BCUT2D eigenvalue weighted by atomic mass is 10.1. The summed E-state index contributed by atoms with van der Waals surface area (Å²) >= 11 is 0.935. The van der Waals surface area contributed by atoms with Crippen LogP contribution in [0.5, 0.6) is 5.75 Å². The molecule has 0 atom stereocenters. The van der Waals surface area contributed by atoms with Crippen LogP contribution in [0.2, 0.25) is 0 Å². The van der Waals surface area contributed by atoms with Gasteiger partial charge < -0.3 is 10.1 Å². The van der Waals surface area contributed by atoms with E-state index in [4.69, 9.17) is 4.74 Å². The Bertz CT molecular complexity index is 1250. The summed E-state index contributed by atoms with van der Waals surface area (Å²) in [6.07, 6.45) is 1.69. The van der Waals surface area contributed by atoms with E-state index >= 15 is 0 Å². The second-order valence-corrected chi connectivity index (χ2v) is 9.02. The molecule has 0 bridgehead atoms. The number of rotatable bonds is 7. The fraction of sp³-hybridized carbons (Fsp3) is 0.148. The van der Waals surface area contributed by atoms with Gasteiger partial charge in [0.05, 0.1) is 11.4 Å². The third-order valence-electron chi connectivity index (χ3n) is 5.18. The number of carbonyl (C=O) groups is 3. The maximum Gasteiger partial charge on any atom is 0.293 e. The molecule has 0 aliphatic carbocycles. The Labute approximate surface area is 202 Å². The standard InChI is InChI=1S/C27H24N2O4S/c1-18-6-10-22(11-7-18)28-25(30)17-33-23-12-8-20(9-13-23)15-24-26(31)29(27(32)34-24)16-21-5-3-4-19(2)14-21/h3-15H,16-17H2,1-2H3,(H,28,30)/b24-15-. The highest BCUT2D eigenvalue weighted by Crippen LogP contribution is 2.33. The molecule has 0 unspecified atom stereocenters. The summed E-state index contributed by atoms with van der Waals surface area (Å²) in [6, 6.07) is 22.3. The van der Waals surface area contributed by atoms with Crippen molar-refractivity contribution in [3.63, 3.8) is 0 Å². The highest BCUT2D eigenvalue weighted by Gasteiger charge is 2.34. The molecule has 3 amide bonds. The van der Waals surface area contributed by atoms with E-state index in [1.54, 1.807) is 30.3 Å². The van der Waals surface area contributed by atoms with Crippen molar-refractivity contribution in [3.8, 4) is 5.75 Å². The van der Waals surface area contributed by atoms with Gasteiger partial charge in [-0.15, -0.1) is 0 Å². The minimum atomic E-state index is -0.301. The molecule has 6 nitrogen and oxygen atoms in total. The van der Waals surface area contributed by atoms with Crippen molar-refractivity contribution in [2.24, 2.45) is 0 Å². The number of hydrogen-bond donors (Lipinski definition) is 1. The second-order valence-electron chi connectivity index (χ2n) is 8.03. The Morgan fingerprint density at radius 1 is 0.971 bits per heavy atom. The number of anilines is 1. The molecular weight excluding hydrogens is 448 g/mol. The fourth-order valence-electron chi connectivity index (χ4n) is 3.42. The molecular formula is C27H24N2O4S. The smallest absolute Gasteiger partial charge is 0.293 e. The van der Waals surface area contributed by atoms with E-state index in [0.717, 1.165) is 34.0 Å². The Hall–Kier alpha value is -3.84. The highest BCUT2D eigenvalue weighted by atomic mass is 32.2. The quantitative estimate of drug-likeness (QED) is 0.456. The first-order chi connectivity index (χ1) is 16.4. The van der Waals surface area contributed by atoms with E-state index in [0.29, 0.717) is 16.3 Å². The molecule has 3 aromatic carbocycles. The number of carbonyl (C=O) groups excluding carboxylic acids is 3. The molecule has 1 fully saturated rings. The number of ether oxygens (including phenoxy) is 1. The molecule has 7 heteroatoms. The maximum absolute atomic E-state index is 12.8. The Kier molecular flexibility index (Phi) is 7.13. The minimum Gasteiger partial charge on any atom is -0.484 e. The van der Waals surface area contributed by atoms with Gasteiger partial charge in [0.15, 0.2) is 6.61 Å². The summed E-state index contributed by atoms with van der Waals surface area (Å²) in [4.78, 5) is 38.9. The van der Waals surface area contributed by atoms with Crippen LogP contribution >= 0.6 is 11.8 Å². The lowest BCUT2D eigenvalue weighted by Gasteiger charge is -2.12. The van der Waals surface area contributed by atoms with Crippen LogP contribution < -0.4 is 10.1 Å². The first-order valence-electron chi connectivity index (χ1n) is 10.8. The van der Waals surface area contributed by atoms with Crippen LogP contribution in [0.15, 0.2) is 77.7 Å². The summed E-state index contributed by atoms with van der Waals surface area (Å²) in [5.74, 6) is -0.0245. The lowest BCUT2D eigenvalue weighted by Crippen LogP contribution is -2.27. The molecule has 3 aromatic rings. The van der Waals surface area contributed by atoms with Gasteiger partial charge in [0.25, 0.3) is 17.1 Å². The average Bonchev–Trinajstić information content (AvgIpc) is 3.07. The molecule has 1 aliphatic heterocycles. The summed E-state index contributed by atoms with van der Waals surface area (Å²) in [5.41, 5.74) is 4.58. The minimum absolute atomic E-state index is 0.120. The van der Waals surface area contributed by atoms with E-state index < -0.39 is 0 Å². The zero-order valence-electron chi connectivity index (χ0n) is 18.9. The molecule has 1 heterocycles. The molecule has 172 valence electrons. The number of amides is 3. The Balaban J connectivity index is 1.33. The number of nitrogens with zero attached hydrogens (tertiary/aromatic N) is 1. The molecule has 0 radical (unpaired) electrons. The Morgan fingerprint density at radius 2 is 1.71 bits per heavy atom. The molecule has 4 rings (SSSR count). The van der Waals surface area contributed by atoms with Crippen molar-refractivity contribution >= 4 is 40.6 Å². The number of hydrogen-bond acceptors (Lipinski definition) is 5. The van der Waals surface area contributed by atoms with E-state index in [1.165, 1.54) is 4.90 Å². The number of thioether (sulfide) groups is 1. The summed E-state index contributed by atoms with van der Waals surface area (Å²) in [5, 5.41) is 2.50. The monoisotopic (exact) mass is 472 g/mol. The van der Waals surface area contributed by atoms with Crippen LogP contribution in [0.4, 0.5) is 10.5 Å².